The lowest BCUT2D eigenvalue weighted by Crippen LogP contribution is -2.75. The third-order valence-corrected chi connectivity index (χ3v) is 15.9. The Hall–Kier alpha value is -6.17. The van der Waals surface area contributed by atoms with Gasteiger partial charge in [-0.2, -0.15) is 0 Å². The van der Waals surface area contributed by atoms with E-state index in [-0.39, 0.29) is 0 Å². The summed E-state index contributed by atoms with van der Waals surface area (Å²) in [7, 11) is -3.40. The molecule has 53 heavy (non-hydrogen) atoms. The molecule has 256 valence electrons. The summed E-state index contributed by atoms with van der Waals surface area (Å²) in [5.74, 6) is 1.78. The second kappa shape index (κ2) is 12.2. The first-order chi connectivity index (χ1) is 27.6. The van der Waals surface area contributed by atoms with Gasteiger partial charge in [-0.15, -0.1) is 0 Å². The molecule has 1 aliphatic heterocycles. The summed E-state index contributed by atoms with van der Waals surface area (Å²) in [4.78, 5) is 5.18. The number of hydrogen-bond donors (Lipinski definition) is 0. The minimum Gasteiger partial charge on any atom is -0.457 e. The van der Waals surface area contributed by atoms with Gasteiger partial charge < -0.3 is 4.74 Å². The Bertz CT molecular complexity index is 2930. The molecule has 1 aliphatic rings. The molecule has 3 heterocycles. The van der Waals surface area contributed by atoms with Gasteiger partial charge in [-0.3, -0.25) is 8.97 Å². The molecule has 5 heteroatoms. The van der Waals surface area contributed by atoms with Gasteiger partial charge in [0.1, 0.15) is 11.5 Å². The lowest BCUT2D eigenvalue weighted by atomic mass is 9.69. The fourth-order valence-electron chi connectivity index (χ4n) is 8.85. The molecule has 4 nitrogen and oxygen atoms in total. The summed E-state index contributed by atoms with van der Waals surface area (Å²) in [6.45, 7) is 2.99. The molecule has 0 N–H and O–H groups in total. The van der Waals surface area contributed by atoms with Crippen molar-refractivity contribution in [1.82, 2.24) is 14.0 Å². The quantitative estimate of drug-likeness (QED) is 0.123. The average Bonchev–Trinajstić information content (AvgIpc) is 3.75. The van der Waals surface area contributed by atoms with Gasteiger partial charge in [0.2, 0.25) is 5.78 Å². The predicted molar refractivity (Wildman–Crippen MR) is 221 cm³/mol. The molecule has 9 aromatic rings. The van der Waals surface area contributed by atoms with Crippen molar-refractivity contribution in [3.8, 4) is 17.2 Å². The van der Waals surface area contributed by atoms with Crippen molar-refractivity contribution in [2.24, 2.45) is 0 Å². The van der Waals surface area contributed by atoms with Crippen LogP contribution >= 0.6 is 0 Å². The highest BCUT2D eigenvalue weighted by Gasteiger charge is 2.48. The number of aromatic nitrogens is 3. The van der Waals surface area contributed by atoms with Crippen LogP contribution in [0.4, 0.5) is 0 Å². The van der Waals surface area contributed by atoms with Crippen molar-refractivity contribution in [3.63, 3.8) is 0 Å². The van der Waals surface area contributed by atoms with E-state index in [1.54, 1.807) is 0 Å². The number of hydrogen-bond acceptors (Lipinski definition) is 2. The van der Waals surface area contributed by atoms with E-state index < -0.39 is 26.2 Å². The van der Waals surface area contributed by atoms with Crippen LogP contribution in [0.1, 0.15) is 43.2 Å². The summed E-state index contributed by atoms with van der Waals surface area (Å²) >= 11 is 0. The van der Waals surface area contributed by atoms with Crippen LogP contribution in [0.15, 0.2) is 176 Å². The molecule has 7 aromatic carbocycles. The van der Waals surface area contributed by atoms with Gasteiger partial charge in [-0.05, 0) is 76.0 Å². The third-order valence-electron chi connectivity index (χ3n) is 11.1. The van der Waals surface area contributed by atoms with Crippen molar-refractivity contribution in [2.75, 3.05) is 0 Å². The highest BCUT2D eigenvalue weighted by molar-refractivity contribution is 7.20. The number of para-hydroxylation sites is 6. The molecule has 0 saturated carbocycles. The highest BCUT2D eigenvalue weighted by Crippen LogP contribution is 2.51. The van der Waals surface area contributed by atoms with Gasteiger partial charge in [-0.25, -0.2) is 4.98 Å². The molecule has 0 bridgehead atoms. The number of nitrogens with zero attached hydrogens (tertiary/aromatic N) is 3. The van der Waals surface area contributed by atoms with E-state index in [1.807, 2.05) is 60.7 Å². The van der Waals surface area contributed by atoms with Crippen molar-refractivity contribution < 1.29 is 10.2 Å². The van der Waals surface area contributed by atoms with E-state index in [0.717, 1.165) is 54.3 Å². The van der Waals surface area contributed by atoms with E-state index in [9.17, 15) is 5.48 Å². The Morgan fingerprint density at radius 3 is 1.91 bits per heavy atom. The Morgan fingerprint density at radius 2 is 1.17 bits per heavy atom. The molecular formula is C48H39N3OSi. The van der Waals surface area contributed by atoms with E-state index in [4.69, 9.17) is 9.72 Å². The second-order valence-corrected chi connectivity index (χ2v) is 17.4. The fourth-order valence-corrected chi connectivity index (χ4v) is 13.7. The molecule has 2 aromatic heterocycles. The Kier molecular flexibility index (Phi) is 6.33. The summed E-state index contributed by atoms with van der Waals surface area (Å²) in [5.41, 5.74) is 4.31. The second-order valence-electron chi connectivity index (χ2n) is 13.6. The zero-order valence-electron chi connectivity index (χ0n) is 33.5. The van der Waals surface area contributed by atoms with Crippen LogP contribution in [0, 0.1) is 0 Å². The molecule has 0 spiro atoms. The van der Waals surface area contributed by atoms with Gasteiger partial charge in [-0.1, -0.05) is 147 Å². The molecule has 0 atom stereocenters. The van der Waals surface area contributed by atoms with Crippen LogP contribution in [0.25, 0.3) is 33.5 Å². The van der Waals surface area contributed by atoms with Crippen molar-refractivity contribution >= 4 is 56.7 Å². The zero-order valence-corrected chi connectivity index (χ0v) is 30.5. The molecular weight excluding hydrogens is 663 g/mol. The predicted octanol–water partition coefficient (Wildman–Crippen LogP) is 9.02. The minimum atomic E-state index is -3.40. The van der Waals surface area contributed by atoms with Crippen LogP contribution in [-0.4, -0.2) is 22.0 Å². The van der Waals surface area contributed by atoms with Gasteiger partial charge in [0.15, 0.2) is 8.07 Å². The number of ether oxygens (including phenoxy) is 1. The normalized spacial score (nSPS) is 15.2. The zero-order chi connectivity index (χ0) is 39.2. The monoisotopic (exact) mass is 705 g/mol. The molecule has 0 aliphatic carbocycles. The van der Waals surface area contributed by atoms with Crippen LogP contribution < -0.4 is 25.5 Å². The Morgan fingerprint density at radius 1 is 0.585 bits per heavy atom. The smallest absolute Gasteiger partial charge is 0.220 e. The number of imidazole rings is 2. The molecule has 0 unspecified atom stereocenters. The largest absolute Gasteiger partial charge is 0.457 e. The third kappa shape index (κ3) is 4.44. The van der Waals surface area contributed by atoms with Gasteiger partial charge in [0, 0.05) is 27.7 Å². The lowest BCUT2D eigenvalue weighted by molar-refractivity contribution is 0.377. The maximum absolute atomic E-state index is 9.46. The highest BCUT2D eigenvalue weighted by atomic mass is 28.3. The maximum Gasteiger partial charge on any atom is 0.220 e. The summed E-state index contributed by atoms with van der Waals surface area (Å²) < 4.78 is 49.4. The van der Waals surface area contributed by atoms with Crippen LogP contribution in [-0.2, 0) is 5.41 Å². The van der Waals surface area contributed by atoms with Crippen molar-refractivity contribution in [3.05, 3.63) is 187 Å². The van der Waals surface area contributed by atoms with E-state index in [0.29, 0.717) is 22.6 Å². The summed E-state index contributed by atoms with van der Waals surface area (Å²) in [6.07, 6.45) is -4.06. The van der Waals surface area contributed by atoms with Gasteiger partial charge in [0.05, 0.1) is 22.1 Å². The maximum atomic E-state index is 9.46. The fraction of sp³-hybridized carbons (Fsp3) is 0.104. The Balaban J connectivity index is 1.34. The Labute approximate surface area is 316 Å². The van der Waals surface area contributed by atoms with E-state index >= 15 is 0 Å². The lowest BCUT2D eigenvalue weighted by Gasteiger charge is -2.43. The van der Waals surface area contributed by atoms with Crippen molar-refractivity contribution in [1.29, 1.82) is 0 Å². The minimum absolute atomic E-state index is 0.458. The number of benzene rings is 7. The number of fused-ring (bicyclic) bond motifs is 7. The first-order valence-corrected chi connectivity index (χ1v) is 20.1. The summed E-state index contributed by atoms with van der Waals surface area (Å²) in [5, 5.41) is 4.23. The van der Waals surface area contributed by atoms with Crippen LogP contribution in [0.2, 0.25) is 0 Å². The topological polar surface area (TPSA) is 31.5 Å². The van der Waals surface area contributed by atoms with E-state index in [1.165, 1.54) is 13.8 Å². The molecule has 0 fully saturated rings. The first-order valence-electron chi connectivity index (χ1n) is 20.1. The molecule has 0 amide bonds. The molecule has 0 saturated heterocycles. The van der Waals surface area contributed by atoms with Crippen molar-refractivity contribution in [2.45, 2.75) is 32.0 Å². The first kappa shape index (κ1) is 27.5. The van der Waals surface area contributed by atoms with Gasteiger partial charge in [0.25, 0.3) is 0 Å². The van der Waals surface area contributed by atoms with Gasteiger partial charge >= 0.3 is 0 Å². The van der Waals surface area contributed by atoms with Crippen LogP contribution in [0.5, 0.6) is 11.5 Å². The molecule has 10 rings (SSSR count). The summed E-state index contributed by atoms with van der Waals surface area (Å²) in [6, 6.07) is 59.9. The SMILES string of the molecule is [2H]C([2H])(C)C1(C([2H])([2H])C)c2ccccc2Oc2c1cccc2[Si](c1ccccc1)(c1ccccc1)c1cccc(-n2c3ccccc3n3c4ccccc4nc23)c1. The number of rotatable bonds is 7. The molecule has 0 radical (unpaired) electrons. The average molecular weight is 706 g/mol. The van der Waals surface area contributed by atoms with E-state index in [2.05, 4.69) is 124 Å². The van der Waals surface area contributed by atoms with Crippen LogP contribution in [0.3, 0.4) is 0 Å². The standard InChI is InChI=1S/C48H39N3OSi/c1-3-48(4-2)38-25-11-16-31-44(38)52-46-39(48)26-18-32-45(46)53(35-20-7-5-8-21-35,36-22-9-6-10-23-36)37-24-17-19-34(33-37)50-42-29-14-15-30-43(42)51-41-28-13-12-27-40(41)49-47(50)51/h5-33H,3-4H2,1-2H3/i3D2,4D2.